The summed E-state index contributed by atoms with van der Waals surface area (Å²) in [6.07, 6.45) is 5.78. The molecule has 7 heteroatoms. The molecule has 0 atom stereocenters. The second kappa shape index (κ2) is 12.0. The predicted octanol–water partition coefficient (Wildman–Crippen LogP) is 9.21. The molecule has 2 aromatic carbocycles. The van der Waals surface area contributed by atoms with Gasteiger partial charge in [0, 0.05) is 18.4 Å². The maximum absolute atomic E-state index is 14.3. The molecule has 0 spiro atoms. The second-order valence-corrected chi connectivity index (χ2v) is 9.81. The number of benzene rings is 2. The Morgan fingerprint density at radius 2 is 1.89 bits per heavy atom. The molecule has 36 heavy (non-hydrogen) atoms. The van der Waals surface area contributed by atoms with Gasteiger partial charge < -0.3 is 14.6 Å². The summed E-state index contributed by atoms with van der Waals surface area (Å²) in [5, 5.41) is 3.79. The molecule has 0 amide bonds. The number of aromatic nitrogens is 3. The Bertz CT molecular complexity index is 1320. The van der Waals surface area contributed by atoms with Gasteiger partial charge in [0.1, 0.15) is 29.0 Å². The number of hydrogen-bond acceptors (Lipinski definition) is 4. The summed E-state index contributed by atoms with van der Waals surface area (Å²) in [6, 6.07) is 14.4. The lowest BCUT2D eigenvalue weighted by molar-refractivity contribution is 0.221. The Hall–Kier alpha value is -3.38. The van der Waals surface area contributed by atoms with Crippen molar-refractivity contribution >= 4 is 34.1 Å². The van der Waals surface area contributed by atoms with Crippen LogP contribution in [0.15, 0.2) is 73.2 Å². The van der Waals surface area contributed by atoms with E-state index in [1.54, 1.807) is 42.7 Å². The van der Waals surface area contributed by atoms with E-state index in [1.165, 1.54) is 19.4 Å². The molecule has 0 fully saturated rings. The molecule has 0 bridgehead atoms. The van der Waals surface area contributed by atoms with Crippen molar-refractivity contribution in [3.05, 3.63) is 83.8 Å². The summed E-state index contributed by atoms with van der Waals surface area (Å²) >= 11 is 6.50. The number of fused-ring (bicyclic) bond motifs is 1. The molecule has 1 N–H and O–H groups in total. The molecule has 0 saturated carbocycles. The van der Waals surface area contributed by atoms with Crippen LogP contribution in [0.5, 0.6) is 11.5 Å². The third-order valence-corrected chi connectivity index (χ3v) is 5.54. The zero-order valence-electron chi connectivity index (χ0n) is 21.6. The number of nitrogens with zero attached hydrogens (tertiary/aromatic N) is 3. The van der Waals surface area contributed by atoms with Crippen LogP contribution in [0.2, 0.25) is 5.02 Å². The van der Waals surface area contributed by atoms with Gasteiger partial charge in [-0.25, -0.2) is 14.4 Å². The third kappa shape index (κ3) is 7.31. The molecule has 2 aromatic heterocycles. The Balaban J connectivity index is 0.000000840. The van der Waals surface area contributed by atoms with Gasteiger partial charge in [-0.05, 0) is 76.1 Å². The van der Waals surface area contributed by atoms with Gasteiger partial charge in [-0.2, -0.15) is 0 Å². The normalized spacial score (nSPS) is 11.1. The first kappa shape index (κ1) is 27.2. The minimum Gasteiger partial charge on any atom is -0.456 e. The fraction of sp³-hybridized carbons (Fsp3) is 0.310. The summed E-state index contributed by atoms with van der Waals surface area (Å²) in [7, 11) is 0. The van der Waals surface area contributed by atoms with Crippen molar-refractivity contribution in [1.29, 1.82) is 0 Å². The average molecular weight is 509 g/mol. The van der Waals surface area contributed by atoms with Crippen LogP contribution in [0, 0.1) is 0 Å². The number of unbranched alkanes of at least 4 members (excludes halogenated alkanes) is 1. The standard InChI is InChI=1S/C25H26ClFN4O.C4H8/c1-4-5-12-31-13-11-21-23(31)24(29-16-28-21)30-18-9-10-22(20(26)15-18)32-19-8-6-7-17(14-19)25(2,3)27;1-4(2)3/h6-11,13-16H,4-5,12H2,1-3H3,(H,28,29,30);1H2,2-3H3. The minimum absolute atomic E-state index is 0.437. The van der Waals surface area contributed by atoms with E-state index in [4.69, 9.17) is 16.3 Å². The molecular weight excluding hydrogens is 475 g/mol. The number of rotatable bonds is 8. The highest BCUT2D eigenvalue weighted by Crippen LogP contribution is 2.35. The monoisotopic (exact) mass is 508 g/mol. The van der Waals surface area contributed by atoms with Crippen molar-refractivity contribution in [2.75, 3.05) is 5.32 Å². The Morgan fingerprint density at radius 1 is 1.14 bits per heavy atom. The van der Waals surface area contributed by atoms with E-state index < -0.39 is 5.67 Å². The number of anilines is 2. The lowest BCUT2D eigenvalue weighted by Crippen LogP contribution is -2.08. The highest BCUT2D eigenvalue weighted by molar-refractivity contribution is 6.32. The summed E-state index contributed by atoms with van der Waals surface area (Å²) in [5.74, 6) is 1.74. The van der Waals surface area contributed by atoms with Crippen LogP contribution in [0.1, 0.15) is 53.0 Å². The largest absolute Gasteiger partial charge is 0.456 e. The van der Waals surface area contributed by atoms with Gasteiger partial charge in [0.15, 0.2) is 5.82 Å². The van der Waals surface area contributed by atoms with E-state index in [0.29, 0.717) is 22.1 Å². The summed E-state index contributed by atoms with van der Waals surface area (Å²) in [6.45, 7) is 13.6. The van der Waals surface area contributed by atoms with E-state index in [-0.39, 0.29) is 0 Å². The molecule has 4 aromatic rings. The summed E-state index contributed by atoms with van der Waals surface area (Å²) < 4.78 is 22.3. The molecular formula is C29H34ClFN4O. The first-order valence-electron chi connectivity index (χ1n) is 12.0. The van der Waals surface area contributed by atoms with Crippen LogP contribution in [0.4, 0.5) is 15.9 Å². The molecule has 0 aliphatic heterocycles. The van der Waals surface area contributed by atoms with Crippen molar-refractivity contribution in [2.24, 2.45) is 0 Å². The number of alkyl halides is 1. The Labute approximate surface area is 218 Å². The van der Waals surface area contributed by atoms with Crippen molar-refractivity contribution in [3.63, 3.8) is 0 Å². The van der Waals surface area contributed by atoms with Crippen molar-refractivity contribution in [1.82, 2.24) is 14.5 Å². The smallest absolute Gasteiger partial charge is 0.158 e. The molecule has 0 aliphatic rings. The Kier molecular flexibility index (Phi) is 9.10. The quantitative estimate of drug-likeness (QED) is 0.241. The SMILES string of the molecule is C=C(C)C.CCCCn1ccc2ncnc(Nc3ccc(Oc4cccc(C(C)(C)F)c4)c(Cl)c3)c21. The van der Waals surface area contributed by atoms with E-state index in [9.17, 15) is 4.39 Å². The summed E-state index contributed by atoms with van der Waals surface area (Å²) in [5.41, 5.74) is 2.89. The molecule has 2 heterocycles. The van der Waals surface area contributed by atoms with Crippen LogP contribution >= 0.6 is 11.6 Å². The van der Waals surface area contributed by atoms with Gasteiger partial charge >= 0.3 is 0 Å². The third-order valence-electron chi connectivity index (χ3n) is 5.25. The second-order valence-electron chi connectivity index (χ2n) is 9.40. The van der Waals surface area contributed by atoms with Gasteiger partial charge in [0.25, 0.3) is 0 Å². The molecule has 190 valence electrons. The van der Waals surface area contributed by atoms with Gasteiger partial charge in [0.2, 0.25) is 0 Å². The van der Waals surface area contributed by atoms with Gasteiger partial charge in [-0.3, -0.25) is 0 Å². The lowest BCUT2D eigenvalue weighted by Gasteiger charge is -2.16. The maximum Gasteiger partial charge on any atom is 0.158 e. The molecule has 0 aliphatic carbocycles. The molecule has 0 radical (unpaired) electrons. The van der Waals surface area contributed by atoms with Crippen molar-refractivity contribution < 1.29 is 9.13 Å². The fourth-order valence-corrected chi connectivity index (χ4v) is 3.71. The minimum atomic E-state index is -1.45. The van der Waals surface area contributed by atoms with Crippen LogP contribution in [-0.2, 0) is 12.2 Å². The maximum atomic E-state index is 14.3. The fourth-order valence-electron chi connectivity index (χ4n) is 3.49. The van der Waals surface area contributed by atoms with Crippen molar-refractivity contribution in [3.8, 4) is 11.5 Å². The first-order chi connectivity index (χ1) is 17.1. The lowest BCUT2D eigenvalue weighted by atomic mass is 10.0. The van der Waals surface area contributed by atoms with Gasteiger partial charge in [0.05, 0.1) is 10.5 Å². The van der Waals surface area contributed by atoms with E-state index in [2.05, 4.69) is 33.4 Å². The molecule has 0 unspecified atom stereocenters. The van der Waals surface area contributed by atoms with Gasteiger partial charge in [-0.1, -0.05) is 42.7 Å². The van der Waals surface area contributed by atoms with Crippen LogP contribution in [-0.4, -0.2) is 14.5 Å². The number of hydrogen-bond donors (Lipinski definition) is 1. The van der Waals surface area contributed by atoms with E-state index >= 15 is 0 Å². The number of aryl methyl sites for hydroxylation is 1. The molecule has 4 rings (SSSR count). The van der Waals surface area contributed by atoms with E-state index in [1.807, 2.05) is 32.2 Å². The van der Waals surface area contributed by atoms with Gasteiger partial charge in [-0.15, -0.1) is 6.58 Å². The molecule has 5 nitrogen and oxygen atoms in total. The van der Waals surface area contributed by atoms with Crippen LogP contribution in [0.25, 0.3) is 11.0 Å². The van der Waals surface area contributed by atoms with Crippen LogP contribution < -0.4 is 10.1 Å². The molecule has 0 saturated heterocycles. The first-order valence-corrected chi connectivity index (χ1v) is 12.4. The topological polar surface area (TPSA) is 52.0 Å². The zero-order valence-corrected chi connectivity index (χ0v) is 22.4. The van der Waals surface area contributed by atoms with Crippen molar-refractivity contribution in [2.45, 2.75) is 59.7 Å². The average Bonchev–Trinajstić information content (AvgIpc) is 3.23. The Morgan fingerprint density at radius 3 is 2.56 bits per heavy atom. The zero-order chi connectivity index (χ0) is 26.3. The van der Waals surface area contributed by atoms with E-state index in [0.717, 1.165) is 41.9 Å². The highest BCUT2D eigenvalue weighted by Gasteiger charge is 2.19. The highest BCUT2D eigenvalue weighted by atomic mass is 35.5. The number of nitrogens with one attached hydrogen (secondary N) is 1. The van der Waals surface area contributed by atoms with Crippen LogP contribution in [0.3, 0.4) is 0 Å². The number of ether oxygens (including phenoxy) is 1. The predicted molar refractivity (Wildman–Crippen MR) is 148 cm³/mol. The summed E-state index contributed by atoms with van der Waals surface area (Å²) in [4.78, 5) is 8.81. The number of allylic oxidation sites excluding steroid dienone is 1. The number of halogens is 2.